The standard InChI is InChI=1S/C17H21N3O3/c1-2-22-17(21)14-8-10-20(11-9-14)12-15-18-19-16(23-15)13-6-4-3-5-7-13/h3-7,14H,2,8-12H2,1H3/p+1. The van der Waals surface area contributed by atoms with Gasteiger partial charge in [-0.25, -0.2) is 0 Å². The number of esters is 1. The predicted molar refractivity (Wildman–Crippen MR) is 83.5 cm³/mol. The summed E-state index contributed by atoms with van der Waals surface area (Å²) >= 11 is 0. The molecule has 0 atom stereocenters. The van der Waals surface area contributed by atoms with Crippen molar-refractivity contribution in [1.82, 2.24) is 10.2 Å². The third kappa shape index (κ3) is 3.96. The monoisotopic (exact) mass is 316 g/mol. The van der Waals surface area contributed by atoms with Crippen molar-refractivity contribution in [3.05, 3.63) is 36.2 Å². The highest BCUT2D eigenvalue weighted by Gasteiger charge is 2.29. The van der Waals surface area contributed by atoms with E-state index in [1.807, 2.05) is 37.3 Å². The molecule has 1 aliphatic heterocycles. The Morgan fingerprint density at radius 2 is 2.00 bits per heavy atom. The van der Waals surface area contributed by atoms with Gasteiger partial charge >= 0.3 is 5.97 Å². The predicted octanol–water partition coefficient (Wildman–Crippen LogP) is 1.09. The largest absolute Gasteiger partial charge is 0.466 e. The van der Waals surface area contributed by atoms with Crippen LogP contribution in [0.3, 0.4) is 0 Å². The first-order valence-electron chi connectivity index (χ1n) is 8.14. The Morgan fingerprint density at radius 1 is 1.26 bits per heavy atom. The summed E-state index contributed by atoms with van der Waals surface area (Å²) in [4.78, 5) is 13.1. The van der Waals surface area contributed by atoms with Crippen molar-refractivity contribution < 1.29 is 18.8 Å². The van der Waals surface area contributed by atoms with Gasteiger partial charge in [-0.1, -0.05) is 18.2 Å². The van der Waals surface area contributed by atoms with E-state index in [2.05, 4.69) is 10.2 Å². The van der Waals surface area contributed by atoms with E-state index in [-0.39, 0.29) is 11.9 Å². The van der Waals surface area contributed by atoms with Crippen LogP contribution < -0.4 is 4.90 Å². The topological polar surface area (TPSA) is 69.7 Å². The van der Waals surface area contributed by atoms with Gasteiger partial charge in [0.2, 0.25) is 5.89 Å². The van der Waals surface area contributed by atoms with Gasteiger partial charge in [0.05, 0.1) is 25.6 Å². The van der Waals surface area contributed by atoms with Gasteiger partial charge in [0.25, 0.3) is 5.89 Å². The summed E-state index contributed by atoms with van der Waals surface area (Å²) in [5.74, 6) is 1.19. The zero-order chi connectivity index (χ0) is 16.1. The van der Waals surface area contributed by atoms with Gasteiger partial charge in [0, 0.05) is 18.4 Å². The lowest BCUT2D eigenvalue weighted by molar-refractivity contribution is -0.920. The first-order valence-corrected chi connectivity index (χ1v) is 8.14. The molecule has 0 radical (unpaired) electrons. The average molecular weight is 316 g/mol. The second kappa shape index (κ2) is 7.37. The van der Waals surface area contributed by atoms with Crippen LogP contribution in [0.15, 0.2) is 34.7 Å². The van der Waals surface area contributed by atoms with Crippen molar-refractivity contribution in [2.75, 3.05) is 19.7 Å². The number of nitrogens with one attached hydrogen (secondary N) is 1. The summed E-state index contributed by atoms with van der Waals surface area (Å²) in [5.41, 5.74) is 0.933. The first kappa shape index (κ1) is 15.7. The molecule has 1 fully saturated rings. The molecular formula is C17H22N3O3+. The van der Waals surface area contributed by atoms with E-state index in [0.717, 1.165) is 31.5 Å². The summed E-state index contributed by atoms with van der Waals surface area (Å²) < 4.78 is 10.8. The molecule has 0 amide bonds. The zero-order valence-corrected chi connectivity index (χ0v) is 13.3. The maximum Gasteiger partial charge on any atom is 0.309 e. The second-order valence-electron chi connectivity index (χ2n) is 5.82. The maximum atomic E-state index is 11.8. The number of quaternary nitrogens is 1. The number of hydrogen-bond acceptors (Lipinski definition) is 5. The van der Waals surface area contributed by atoms with Crippen LogP contribution in [0.25, 0.3) is 11.5 Å². The highest BCUT2D eigenvalue weighted by molar-refractivity contribution is 5.72. The molecule has 1 aromatic heterocycles. The highest BCUT2D eigenvalue weighted by Crippen LogP contribution is 2.17. The molecule has 23 heavy (non-hydrogen) atoms. The van der Waals surface area contributed by atoms with Crippen molar-refractivity contribution in [1.29, 1.82) is 0 Å². The van der Waals surface area contributed by atoms with Crippen molar-refractivity contribution in [3.8, 4) is 11.5 Å². The Hall–Kier alpha value is -2.21. The number of carbonyl (C=O) groups excluding carboxylic acids is 1. The number of nitrogens with zero attached hydrogens (tertiary/aromatic N) is 2. The van der Waals surface area contributed by atoms with Gasteiger partial charge in [-0.3, -0.25) is 4.79 Å². The summed E-state index contributed by atoms with van der Waals surface area (Å²) in [7, 11) is 0. The molecule has 0 saturated carbocycles. The Kier molecular flexibility index (Phi) is 5.02. The Labute approximate surface area is 135 Å². The normalized spacial score (nSPS) is 21.1. The third-order valence-electron chi connectivity index (χ3n) is 4.20. The maximum absolute atomic E-state index is 11.8. The number of hydrogen-bond donors (Lipinski definition) is 1. The average Bonchev–Trinajstić information content (AvgIpc) is 3.05. The van der Waals surface area contributed by atoms with E-state index in [4.69, 9.17) is 9.15 Å². The fourth-order valence-corrected chi connectivity index (χ4v) is 2.93. The highest BCUT2D eigenvalue weighted by atomic mass is 16.5. The number of aromatic nitrogens is 2. The summed E-state index contributed by atoms with van der Waals surface area (Å²) in [5, 5.41) is 8.26. The number of piperidine rings is 1. The second-order valence-corrected chi connectivity index (χ2v) is 5.82. The Balaban J connectivity index is 1.53. The fraction of sp³-hybridized carbons (Fsp3) is 0.471. The molecule has 2 heterocycles. The van der Waals surface area contributed by atoms with E-state index >= 15 is 0 Å². The van der Waals surface area contributed by atoms with Gasteiger partial charge in [-0.05, 0) is 19.1 Å². The molecule has 1 N–H and O–H groups in total. The quantitative estimate of drug-likeness (QED) is 0.836. The molecule has 2 aromatic rings. The van der Waals surface area contributed by atoms with Crippen LogP contribution in [0.1, 0.15) is 25.7 Å². The molecular weight excluding hydrogens is 294 g/mol. The fourth-order valence-electron chi connectivity index (χ4n) is 2.93. The lowest BCUT2D eigenvalue weighted by Crippen LogP contribution is -3.11. The molecule has 1 aliphatic rings. The van der Waals surface area contributed by atoms with Crippen molar-refractivity contribution >= 4 is 5.97 Å². The minimum atomic E-state index is -0.0595. The van der Waals surface area contributed by atoms with Gasteiger partial charge in [0.1, 0.15) is 0 Å². The molecule has 6 nitrogen and oxygen atoms in total. The van der Waals surface area contributed by atoms with Gasteiger partial charge in [-0.15, -0.1) is 10.2 Å². The van der Waals surface area contributed by atoms with Crippen molar-refractivity contribution in [2.24, 2.45) is 5.92 Å². The van der Waals surface area contributed by atoms with Gasteiger partial charge < -0.3 is 14.1 Å². The number of ether oxygens (including phenoxy) is 1. The zero-order valence-electron chi connectivity index (χ0n) is 13.3. The van der Waals surface area contributed by atoms with E-state index < -0.39 is 0 Å². The molecule has 6 heteroatoms. The van der Waals surface area contributed by atoms with Crippen LogP contribution in [-0.4, -0.2) is 35.9 Å². The summed E-state index contributed by atoms with van der Waals surface area (Å²) in [6.45, 7) is 4.85. The number of carbonyl (C=O) groups is 1. The molecule has 1 saturated heterocycles. The van der Waals surface area contributed by atoms with Gasteiger partial charge in [-0.2, -0.15) is 0 Å². The minimum Gasteiger partial charge on any atom is -0.466 e. The van der Waals surface area contributed by atoms with Gasteiger partial charge in [0.15, 0.2) is 6.54 Å². The van der Waals surface area contributed by atoms with E-state index in [1.165, 1.54) is 4.90 Å². The molecule has 122 valence electrons. The Morgan fingerprint density at radius 3 is 2.70 bits per heavy atom. The lowest BCUT2D eigenvalue weighted by atomic mass is 9.97. The molecule has 0 bridgehead atoms. The van der Waals surface area contributed by atoms with E-state index in [9.17, 15) is 4.79 Å². The third-order valence-corrected chi connectivity index (χ3v) is 4.20. The molecule has 0 unspecified atom stereocenters. The number of rotatable bonds is 5. The van der Waals surface area contributed by atoms with Crippen LogP contribution in [0.2, 0.25) is 0 Å². The van der Waals surface area contributed by atoms with E-state index in [0.29, 0.717) is 24.9 Å². The van der Waals surface area contributed by atoms with Crippen molar-refractivity contribution in [2.45, 2.75) is 26.3 Å². The lowest BCUT2D eigenvalue weighted by Gasteiger charge is -2.27. The smallest absolute Gasteiger partial charge is 0.309 e. The Bertz CT molecular complexity index is 634. The summed E-state index contributed by atoms with van der Waals surface area (Å²) in [6, 6.07) is 9.76. The molecule has 0 spiro atoms. The number of benzene rings is 1. The first-order chi connectivity index (χ1) is 11.3. The van der Waals surface area contributed by atoms with Crippen LogP contribution >= 0.6 is 0 Å². The molecule has 1 aromatic carbocycles. The summed E-state index contributed by atoms with van der Waals surface area (Å²) in [6.07, 6.45) is 1.71. The van der Waals surface area contributed by atoms with Crippen molar-refractivity contribution in [3.63, 3.8) is 0 Å². The van der Waals surface area contributed by atoms with Crippen LogP contribution in [0.5, 0.6) is 0 Å². The van der Waals surface area contributed by atoms with Crippen LogP contribution in [0.4, 0.5) is 0 Å². The van der Waals surface area contributed by atoms with E-state index in [1.54, 1.807) is 0 Å². The molecule has 3 rings (SSSR count). The molecule has 0 aliphatic carbocycles. The minimum absolute atomic E-state index is 0.0428. The van der Waals surface area contributed by atoms with Crippen LogP contribution in [-0.2, 0) is 16.1 Å². The SMILES string of the molecule is CCOC(=O)C1CC[NH+](Cc2nnc(-c3ccccc3)o2)CC1. The number of likely N-dealkylation sites (tertiary alicyclic amines) is 1. The van der Waals surface area contributed by atoms with Crippen LogP contribution in [0, 0.1) is 5.92 Å².